The van der Waals surface area contributed by atoms with E-state index in [9.17, 15) is 18.4 Å². The summed E-state index contributed by atoms with van der Waals surface area (Å²) in [6.07, 6.45) is 0. The summed E-state index contributed by atoms with van der Waals surface area (Å²) in [5.74, 6) is -0.707. The second-order valence-electron chi connectivity index (χ2n) is 6.92. The quantitative estimate of drug-likeness (QED) is 0.685. The SMILES string of the molecule is CC(C)C(NC(=O)c1ccc(Cl)cc1)C(=O)N(C)Cc1ccc(OC(F)F)cc1. The monoisotopic (exact) mass is 424 g/mol. The van der Waals surface area contributed by atoms with Crippen molar-refractivity contribution < 1.29 is 23.1 Å². The number of amides is 2. The van der Waals surface area contributed by atoms with Gasteiger partial charge < -0.3 is 15.0 Å². The van der Waals surface area contributed by atoms with Crippen LogP contribution in [0.15, 0.2) is 48.5 Å². The lowest BCUT2D eigenvalue weighted by molar-refractivity contribution is -0.133. The molecule has 0 radical (unpaired) electrons. The first-order valence-corrected chi connectivity index (χ1v) is 9.40. The first-order chi connectivity index (χ1) is 13.7. The first-order valence-electron chi connectivity index (χ1n) is 9.02. The van der Waals surface area contributed by atoms with Gasteiger partial charge in [-0.1, -0.05) is 37.6 Å². The Hall–Kier alpha value is -2.67. The molecule has 0 fully saturated rings. The summed E-state index contributed by atoms with van der Waals surface area (Å²) in [7, 11) is 1.62. The van der Waals surface area contributed by atoms with Gasteiger partial charge in [-0.3, -0.25) is 9.59 Å². The topological polar surface area (TPSA) is 58.6 Å². The third-order valence-corrected chi connectivity index (χ3v) is 4.52. The molecule has 0 aromatic heterocycles. The van der Waals surface area contributed by atoms with E-state index in [1.54, 1.807) is 43.4 Å². The Labute approximate surface area is 173 Å². The van der Waals surface area contributed by atoms with Gasteiger partial charge in [0.15, 0.2) is 0 Å². The predicted octanol–water partition coefficient (Wildman–Crippen LogP) is 4.35. The zero-order valence-corrected chi connectivity index (χ0v) is 17.1. The fourth-order valence-corrected chi connectivity index (χ4v) is 2.83. The molecule has 8 heteroatoms. The van der Waals surface area contributed by atoms with Crippen LogP contribution in [0.4, 0.5) is 8.78 Å². The zero-order valence-electron chi connectivity index (χ0n) is 16.4. The number of benzene rings is 2. The van der Waals surface area contributed by atoms with Crippen LogP contribution in [0.5, 0.6) is 5.75 Å². The first kappa shape index (κ1) is 22.6. The number of nitrogens with one attached hydrogen (secondary N) is 1. The number of hydrogen-bond donors (Lipinski definition) is 1. The molecule has 29 heavy (non-hydrogen) atoms. The van der Waals surface area contributed by atoms with E-state index in [1.165, 1.54) is 17.0 Å². The molecule has 0 aliphatic heterocycles. The molecule has 0 saturated carbocycles. The molecule has 156 valence electrons. The van der Waals surface area contributed by atoms with Gasteiger partial charge in [-0.05, 0) is 47.9 Å². The molecule has 0 aliphatic carbocycles. The summed E-state index contributed by atoms with van der Waals surface area (Å²) >= 11 is 5.84. The highest BCUT2D eigenvalue weighted by molar-refractivity contribution is 6.30. The summed E-state index contributed by atoms with van der Waals surface area (Å²) in [6.45, 7) is 1.05. The number of halogens is 3. The number of likely N-dealkylation sites (N-methyl/N-ethyl adjacent to an activating group) is 1. The second-order valence-corrected chi connectivity index (χ2v) is 7.36. The van der Waals surface area contributed by atoms with Gasteiger partial charge >= 0.3 is 6.61 Å². The summed E-state index contributed by atoms with van der Waals surface area (Å²) in [5, 5.41) is 3.29. The minimum absolute atomic E-state index is 0.0491. The second kappa shape index (κ2) is 10.2. The van der Waals surface area contributed by atoms with Crippen LogP contribution in [0.2, 0.25) is 5.02 Å². The van der Waals surface area contributed by atoms with Gasteiger partial charge in [0, 0.05) is 24.2 Å². The smallest absolute Gasteiger partial charge is 0.387 e. The van der Waals surface area contributed by atoms with Crippen LogP contribution in [0.1, 0.15) is 29.8 Å². The maximum Gasteiger partial charge on any atom is 0.387 e. The number of rotatable bonds is 8. The molecule has 2 aromatic carbocycles. The van der Waals surface area contributed by atoms with Gasteiger partial charge in [0.25, 0.3) is 5.91 Å². The van der Waals surface area contributed by atoms with E-state index in [-0.39, 0.29) is 30.0 Å². The number of carbonyl (C=O) groups excluding carboxylic acids is 2. The highest BCUT2D eigenvalue weighted by Gasteiger charge is 2.27. The molecule has 1 unspecified atom stereocenters. The molecular weight excluding hydrogens is 402 g/mol. The highest BCUT2D eigenvalue weighted by Crippen LogP contribution is 2.17. The van der Waals surface area contributed by atoms with Gasteiger partial charge in [0.2, 0.25) is 5.91 Å². The van der Waals surface area contributed by atoms with Crippen molar-refractivity contribution in [3.63, 3.8) is 0 Å². The molecule has 0 spiro atoms. The largest absolute Gasteiger partial charge is 0.435 e. The van der Waals surface area contributed by atoms with E-state index < -0.39 is 12.7 Å². The van der Waals surface area contributed by atoms with Gasteiger partial charge in [0.05, 0.1) is 0 Å². The fourth-order valence-electron chi connectivity index (χ4n) is 2.70. The van der Waals surface area contributed by atoms with Crippen LogP contribution < -0.4 is 10.1 Å². The maximum atomic E-state index is 12.9. The molecule has 0 bridgehead atoms. The van der Waals surface area contributed by atoms with Crippen molar-refractivity contribution in [1.29, 1.82) is 0 Å². The fraction of sp³-hybridized carbons (Fsp3) is 0.333. The third-order valence-electron chi connectivity index (χ3n) is 4.27. The number of ether oxygens (including phenoxy) is 1. The molecule has 1 atom stereocenters. The summed E-state index contributed by atoms with van der Waals surface area (Å²) < 4.78 is 28.8. The molecule has 2 aromatic rings. The third kappa shape index (κ3) is 6.71. The van der Waals surface area contributed by atoms with E-state index in [2.05, 4.69) is 10.1 Å². The number of alkyl halides is 2. The van der Waals surface area contributed by atoms with E-state index in [0.29, 0.717) is 10.6 Å². The van der Waals surface area contributed by atoms with Crippen LogP contribution >= 0.6 is 11.6 Å². The van der Waals surface area contributed by atoms with Crippen molar-refractivity contribution in [3.8, 4) is 5.75 Å². The minimum atomic E-state index is -2.89. The van der Waals surface area contributed by atoms with E-state index >= 15 is 0 Å². The Balaban J connectivity index is 2.03. The van der Waals surface area contributed by atoms with Crippen molar-refractivity contribution in [1.82, 2.24) is 10.2 Å². The van der Waals surface area contributed by atoms with Crippen molar-refractivity contribution in [2.24, 2.45) is 5.92 Å². The summed E-state index contributed by atoms with van der Waals surface area (Å²) in [6, 6.07) is 11.7. The van der Waals surface area contributed by atoms with Gasteiger partial charge in [-0.2, -0.15) is 8.78 Å². The Morgan fingerprint density at radius 1 is 1.07 bits per heavy atom. The van der Waals surface area contributed by atoms with Crippen LogP contribution in [-0.2, 0) is 11.3 Å². The lowest BCUT2D eigenvalue weighted by Crippen LogP contribution is -2.50. The molecule has 0 saturated heterocycles. The van der Waals surface area contributed by atoms with E-state index in [4.69, 9.17) is 11.6 Å². The van der Waals surface area contributed by atoms with Crippen LogP contribution in [0.3, 0.4) is 0 Å². The summed E-state index contributed by atoms with van der Waals surface area (Å²) in [4.78, 5) is 26.9. The Morgan fingerprint density at radius 3 is 2.17 bits per heavy atom. The van der Waals surface area contributed by atoms with Gasteiger partial charge in [-0.15, -0.1) is 0 Å². The van der Waals surface area contributed by atoms with Crippen molar-refractivity contribution in [3.05, 3.63) is 64.7 Å². The molecular formula is C21H23ClF2N2O3. The normalized spacial score (nSPS) is 12.0. The Kier molecular flexibility index (Phi) is 7.96. The zero-order chi connectivity index (χ0) is 21.6. The predicted molar refractivity (Wildman–Crippen MR) is 107 cm³/mol. The average Bonchev–Trinajstić information content (AvgIpc) is 2.66. The number of hydrogen-bond acceptors (Lipinski definition) is 3. The average molecular weight is 425 g/mol. The molecule has 2 rings (SSSR count). The van der Waals surface area contributed by atoms with Crippen molar-refractivity contribution in [2.45, 2.75) is 33.0 Å². The van der Waals surface area contributed by atoms with Crippen LogP contribution in [0, 0.1) is 5.92 Å². The molecule has 0 heterocycles. The minimum Gasteiger partial charge on any atom is -0.435 e. The lowest BCUT2D eigenvalue weighted by Gasteiger charge is -2.27. The number of carbonyl (C=O) groups is 2. The van der Waals surface area contributed by atoms with Crippen molar-refractivity contribution >= 4 is 23.4 Å². The Morgan fingerprint density at radius 2 is 1.66 bits per heavy atom. The highest BCUT2D eigenvalue weighted by atomic mass is 35.5. The van der Waals surface area contributed by atoms with Gasteiger partial charge in [0.1, 0.15) is 11.8 Å². The van der Waals surface area contributed by atoms with Crippen LogP contribution in [-0.4, -0.2) is 36.4 Å². The van der Waals surface area contributed by atoms with Gasteiger partial charge in [-0.25, -0.2) is 0 Å². The van der Waals surface area contributed by atoms with Crippen molar-refractivity contribution in [2.75, 3.05) is 7.05 Å². The number of nitrogens with zero attached hydrogens (tertiary/aromatic N) is 1. The Bertz CT molecular complexity index is 827. The molecule has 1 N–H and O–H groups in total. The maximum absolute atomic E-state index is 12.9. The molecule has 2 amide bonds. The molecule has 5 nitrogen and oxygen atoms in total. The standard InChI is InChI=1S/C21H23ClF2N2O3/c1-13(2)18(25-19(27)15-6-8-16(22)9-7-15)20(28)26(3)12-14-4-10-17(11-5-14)29-21(23)24/h4-11,13,18,21H,12H2,1-3H3,(H,25,27). The van der Waals surface area contributed by atoms with Crippen LogP contribution in [0.25, 0.3) is 0 Å². The summed E-state index contributed by atoms with van der Waals surface area (Å²) in [5.41, 5.74) is 1.15. The molecule has 0 aliphatic rings. The van der Waals surface area contributed by atoms with E-state index in [1.807, 2.05) is 13.8 Å². The van der Waals surface area contributed by atoms with E-state index in [0.717, 1.165) is 5.56 Å². The lowest BCUT2D eigenvalue weighted by atomic mass is 10.0.